The van der Waals surface area contributed by atoms with Crippen molar-refractivity contribution in [2.45, 2.75) is 13.0 Å². The Bertz CT molecular complexity index is 758. The molecule has 0 aliphatic rings. The van der Waals surface area contributed by atoms with Crippen LogP contribution in [0.4, 0.5) is 10.2 Å². The van der Waals surface area contributed by atoms with Gasteiger partial charge < -0.3 is 15.0 Å². The minimum atomic E-state index is -0.355. The summed E-state index contributed by atoms with van der Waals surface area (Å²) in [6.45, 7) is 1.06. The fraction of sp³-hybridized carbons (Fsp3) is 0.214. The van der Waals surface area contributed by atoms with Crippen LogP contribution in [0, 0.1) is 5.82 Å². The van der Waals surface area contributed by atoms with Gasteiger partial charge in [0.25, 0.3) is 0 Å². The number of imidazole rings is 1. The number of halogens is 1. The fourth-order valence-corrected chi connectivity index (χ4v) is 2.04. The second-order valence-electron chi connectivity index (χ2n) is 4.50. The molecule has 2 heterocycles. The molecule has 0 aliphatic carbocycles. The molecule has 3 aromatic rings. The minimum Gasteiger partial charge on any atom is -0.490 e. The van der Waals surface area contributed by atoms with Crippen molar-refractivity contribution in [3.63, 3.8) is 0 Å². The van der Waals surface area contributed by atoms with Gasteiger partial charge in [-0.1, -0.05) is 12.1 Å². The van der Waals surface area contributed by atoms with E-state index in [-0.39, 0.29) is 11.6 Å². The topological polar surface area (TPSA) is 78.9 Å². The molecule has 2 aromatic heterocycles. The smallest absolute Gasteiger partial charge is 0.165 e. The third-order valence-electron chi connectivity index (χ3n) is 3.07. The van der Waals surface area contributed by atoms with Crippen LogP contribution in [0.2, 0.25) is 0 Å². The molecular weight excluding hydrogens is 273 g/mol. The Balaban J connectivity index is 1.60. The molecule has 0 amide bonds. The van der Waals surface area contributed by atoms with Gasteiger partial charge in [0.15, 0.2) is 23.0 Å². The monoisotopic (exact) mass is 287 g/mol. The summed E-state index contributed by atoms with van der Waals surface area (Å²) in [5, 5.41) is 0. The lowest BCUT2D eigenvalue weighted by molar-refractivity contribution is 0.288. The van der Waals surface area contributed by atoms with Crippen molar-refractivity contribution < 1.29 is 9.13 Å². The van der Waals surface area contributed by atoms with Crippen LogP contribution in [0.1, 0.15) is 6.42 Å². The lowest BCUT2D eigenvalue weighted by Gasteiger charge is -2.07. The average Bonchev–Trinajstić information content (AvgIpc) is 2.90. The summed E-state index contributed by atoms with van der Waals surface area (Å²) in [6.07, 6.45) is 3.77. The van der Waals surface area contributed by atoms with Gasteiger partial charge >= 0.3 is 0 Å². The van der Waals surface area contributed by atoms with Gasteiger partial charge in [-0.2, -0.15) is 0 Å². The Kier molecular flexibility index (Phi) is 3.63. The first-order valence-electron chi connectivity index (χ1n) is 6.54. The summed E-state index contributed by atoms with van der Waals surface area (Å²) in [6, 6.07) is 6.35. The summed E-state index contributed by atoms with van der Waals surface area (Å²) in [4.78, 5) is 12.2. The van der Waals surface area contributed by atoms with Gasteiger partial charge in [-0.25, -0.2) is 19.3 Å². The van der Waals surface area contributed by atoms with E-state index in [1.807, 2.05) is 4.57 Å². The number of nitrogen functional groups attached to an aromatic ring is 1. The lowest BCUT2D eigenvalue weighted by atomic mass is 10.3. The summed E-state index contributed by atoms with van der Waals surface area (Å²) < 4.78 is 20.6. The molecule has 0 bridgehead atoms. The first-order chi connectivity index (χ1) is 10.3. The van der Waals surface area contributed by atoms with Gasteiger partial charge in [-0.3, -0.25) is 0 Å². The van der Waals surface area contributed by atoms with E-state index in [0.29, 0.717) is 36.6 Å². The molecule has 0 saturated carbocycles. The number of rotatable bonds is 5. The second kappa shape index (κ2) is 5.74. The zero-order valence-corrected chi connectivity index (χ0v) is 11.2. The number of aromatic nitrogens is 4. The number of nitrogens with two attached hydrogens (primary N) is 1. The molecule has 7 heteroatoms. The van der Waals surface area contributed by atoms with E-state index in [0.717, 1.165) is 0 Å². The summed E-state index contributed by atoms with van der Waals surface area (Å²) >= 11 is 0. The van der Waals surface area contributed by atoms with Crippen LogP contribution in [-0.2, 0) is 6.54 Å². The van der Waals surface area contributed by atoms with Gasteiger partial charge in [0.2, 0.25) is 0 Å². The first kappa shape index (κ1) is 13.3. The Morgan fingerprint density at radius 3 is 2.90 bits per heavy atom. The van der Waals surface area contributed by atoms with E-state index in [1.54, 1.807) is 24.5 Å². The van der Waals surface area contributed by atoms with Gasteiger partial charge in [0.1, 0.15) is 11.8 Å². The van der Waals surface area contributed by atoms with Crippen molar-refractivity contribution in [1.82, 2.24) is 19.5 Å². The third kappa shape index (κ3) is 2.76. The summed E-state index contributed by atoms with van der Waals surface area (Å²) in [5.74, 6) is 0.270. The van der Waals surface area contributed by atoms with Gasteiger partial charge in [0, 0.05) is 6.54 Å². The number of fused-ring (bicyclic) bond motifs is 1. The average molecular weight is 287 g/mol. The number of anilines is 1. The quantitative estimate of drug-likeness (QED) is 0.726. The van der Waals surface area contributed by atoms with Gasteiger partial charge in [-0.05, 0) is 18.6 Å². The van der Waals surface area contributed by atoms with Crippen molar-refractivity contribution in [2.24, 2.45) is 0 Å². The highest BCUT2D eigenvalue weighted by Gasteiger charge is 2.07. The normalized spacial score (nSPS) is 10.9. The molecule has 21 heavy (non-hydrogen) atoms. The molecule has 0 aliphatic heterocycles. The van der Waals surface area contributed by atoms with Crippen molar-refractivity contribution in [1.29, 1.82) is 0 Å². The molecule has 0 unspecified atom stereocenters. The number of hydrogen-bond donors (Lipinski definition) is 1. The molecule has 0 saturated heterocycles. The van der Waals surface area contributed by atoms with E-state index in [9.17, 15) is 4.39 Å². The number of benzene rings is 1. The second-order valence-corrected chi connectivity index (χ2v) is 4.50. The van der Waals surface area contributed by atoms with Crippen LogP contribution in [0.3, 0.4) is 0 Å². The summed E-state index contributed by atoms with van der Waals surface area (Å²) in [5.41, 5.74) is 7.00. The molecule has 0 fully saturated rings. The largest absolute Gasteiger partial charge is 0.490 e. The van der Waals surface area contributed by atoms with E-state index in [1.165, 1.54) is 12.4 Å². The van der Waals surface area contributed by atoms with Crippen LogP contribution in [-0.4, -0.2) is 26.1 Å². The molecule has 3 rings (SSSR count). The number of hydrogen-bond acceptors (Lipinski definition) is 5. The third-order valence-corrected chi connectivity index (χ3v) is 3.07. The predicted molar refractivity (Wildman–Crippen MR) is 76.2 cm³/mol. The molecule has 6 nitrogen and oxygen atoms in total. The molecule has 0 radical (unpaired) electrons. The highest BCUT2D eigenvalue weighted by Crippen LogP contribution is 2.16. The molecule has 2 N–H and O–H groups in total. The Labute approximate surface area is 120 Å². The van der Waals surface area contributed by atoms with Crippen LogP contribution in [0.15, 0.2) is 36.9 Å². The van der Waals surface area contributed by atoms with E-state index in [2.05, 4.69) is 15.0 Å². The summed E-state index contributed by atoms with van der Waals surface area (Å²) in [7, 11) is 0. The lowest BCUT2D eigenvalue weighted by Crippen LogP contribution is -2.05. The van der Waals surface area contributed by atoms with E-state index < -0.39 is 0 Å². The van der Waals surface area contributed by atoms with E-state index >= 15 is 0 Å². The predicted octanol–water partition coefficient (Wildman–Crippen LogP) is 2.02. The van der Waals surface area contributed by atoms with Gasteiger partial charge in [0.05, 0.1) is 12.9 Å². The molecule has 0 spiro atoms. The Morgan fingerprint density at radius 1 is 1.19 bits per heavy atom. The van der Waals surface area contributed by atoms with Crippen molar-refractivity contribution >= 4 is 17.0 Å². The fourth-order valence-electron chi connectivity index (χ4n) is 2.04. The SMILES string of the molecule is Nc1ncnc2c1ncn2CCCOc1ccccc1F. The van der Waals surface area contributed by atoms with Crippen molar-refractivity contribution in [3.05, 3.63) is 42.7 Å². The maximum absolute atomic E-state index is 13.4. The van der Waals surface area contributed by atoms with Crippen LogP contribution >= 0.6 is 0 Å². The number of para-hydroxylation sites is 1. The van der Waals surface area contributed by atoms with Crippen LogP contribution in [0.5, 0.6) is 5.75 Å². The maximum Gasteiger partial charge on any atom is 0.165 e. The molecule has 108 valence electrons. The number of nitrogens with zero attached hydrogens (tertiary/aromatic N) is 4. The standard InChI is InChI=1S/C14H14FN5O/c15-10-4-1-2-5-11(10)21-7-3-6-20-9-19-12-13(16)17-8-18-14(12)20/h1-2,4-5,8-9H,3,6-7H2,(H2,16,17,18). The Morgan fingerprint density at radius 2 is 2.05 bits per heavy atom. The zero-order chi connectivity index (χ0) is 14.7. The van der Waals surface area contributed by atoms with Crippen molar-refractivity contribution in [2.75, 3.05) is 12.3 Å². The molecule has 1 aromatic carbocycles. The minimum absolute atomic E-state index is 0.263. The van der Waals surface area contributed by atoms with E-state index in [4.69, 9.17) is 10.5 Å². The maximum atomic E-state index is 13.4. The highest BCUT2D eigenvalue weighted by molar-refractivity contribution is 5.80. The Hall–Kier alpha value is -2.70. The van der Waals surface area contributed by atoms with Crippen molar-refractivity contribution in [3.8, 4) is 5.75 Å². The van der Waals surface area contributed by atoms with Crippen LogP contribution in [0.25, 0.3) is 11.2 Å². The molecule has 0 atom stereocenters. The van der Waals surface area contributed by atoms with Gasteiger partial charge in [-0.15, -0.1) is 0 Å². The first-order valence-corrected chi connectivity index (χ1v) is 6.54. The zero-order valence-electron chi connectivity index (χ0n) is 11.2. The van der Waals surface area contributed by atoms with Crippen LogP contribution < -0.4 is 10.5 Å². The molecular formula is C14H14FN5O. The highest BCUT2D eigenvalue weighted by atomic mass is 19.1. The number of ether oxygens (including phenoxy) is 1. The number of aryl methyl sites for hydroxylation is 1.